The lowest BCUT2D eigenvalue weighted by atomic mass is 9.64. The van der Waals surface area contributed by atoms with E-state index >= 15 is 0 Å². The number of aryl methyl sites for hydroxylation is 1. The molecule has 0 bridgehead atoms. The van der Waals surface area contributed by atoms with Gasteiger partial charge in [-0.15, -0.1) is 0 Å². The van der Waals surface area contributed by atoms with Gasteiger partial charge in [-0.2, -0.15) is 13.2 Å². The van der Waals surface area contributed by atoms with Crippen molar-refractivity contribution < 1.29 is 17.9 Å². The van der Waals surface area contributed by atoms with Gasteiger partial charge in [-0.3, -0.25) is 0 Å². The molecule has 1 aliphatic rings. The Hall–Kier alpha value is -1.97. The van der Waals surface area contributed by atoms with Crippen LogP contribution in [0, 0.1) is 0 Å². The maximum absolute atomic E-state index is 13.4. The summed E-state index contributed by atoms with van der Waals surface area (Å²) in [6.07, 6.45) is -2.99. The lowest BCUT2D eigenvalue weighted by Crippen LogP contribution is -2.37. The monoisotopic (exact) mass is 320 g/mol. The zero-order valence-electron chi connectivity index (χ0n) is 13.0. The highest BCUT2D eigenvalue weighted by Crippen LogP contribution is 2.49. The second-order valence-corrected chi connectivity index (χ2v) is 6.12. The first-order valence-electron chi connectivity index (χ1n) is 7.74. The summed E-state index contributed by atoms with van der Waals surface area (Å²) in [4.78, 5) is 0. The molecule has 0 radical (unpaired) electrons. The third kappa shape index (κ3) is 3.07. The van der Waals surface area contributed by atoms with Crippen LogP contribution in [-0.4, -0.2) is 13.3 Å². The zero-order chi connectivity index (χ0) is 16.5. The quantitative estimate of drug-likeness (QED) is 0.748. The number of alkyl halides is 3. The van der Waals surface area contributed by atoms with Crippen molar-refractivity contribution in [2.45, 2.75) is 37.3 Å². The van der Waals surface area contributed by atoms with Gasteiger partial charge >= 0.3 is 6.18 Å². The minimum atomic E-state index is -4.23. The summed E-state index contributed by atoms with van der Waals surface area (Å²) in [5.74, 6) is 0.590. The molecule has 4 heteroatoms. The van der Waals surface area contributed by atoms with Gasteiger partial charge in [-0.1, -0.05) is 36.4 Å². The predicted molar refractivity (Wildman–Crippen MR) is 83.8 cm³/mol. The van der Waals surface area contributed by atoms with Crippen LogP contribution in [0.25, 0.3) is 0 Å². The molecule has 122 valence electrons. The van der Waals surface area contributed by atoms with Crippen molar-refractivity contribution in [3.05, 3.63) is 65.2 Å². The molecule has 0 amide bonds. The molecular weight excluding hydrogens is 301 g/mol. The van der Waals surface area contributed by atoms with Crippen molar-refractivity contribution in [3.8, 4) is 5.75 Å². The van der Waals surface area contributed by atoms with Gasteiger partial charge in [-0.05, 0) is 48.1 Å². The summed E-state index contributed by atoms with van der Waals surface area (Å²) in [7, 11) is 1.53. The van der Waals surface area contributed by atoms with Crippen LogP contribution in [0.4, 0.5) is 13.2 Å². The summed E-state index contributed by atoms with van der Waals surface area (Å²) in [6.45, 7) is 0. The van der Waals surface area contributed by atoms with Crippen molar-refractivity contribution in [1.29, 1.82) is 0 Å². The van der Waals surface area contributed by atoms with Crippen LogP contribution in [0.5, 0.6) is 5.75 Å². The number of hydrogen-bond donors (Lipinski definition) is 0. The molecule has 2 aromatic carbocycles. The van der Waals surface area contributed by atoms with Crippen molar-refractivity contribution in [3.63, 3.8) is 0 Å². The molecule has 0 saturated heterocycles. The smallest absolute Gasteiger partial charge is 0.390 e. The van der Waals surface area contributed by atoms with Crippen LogP contribution in [0.1, 0.15) is 36.0 Å². The Morgan fingerprint density at radius 2 is 1.87 bits per heavy atom. The van der Waals surface area contributed by atoms with E-state index in [-0.39, 0.29) is 0 Å². The Bertz CT molecular complexity index is 693. The molecule has 0 aromatic heterocycles. The second-order valence-electron chi connectivity index (χ2n) is 6.12. The maximum atomic E-state index is 13.4. The van der Waals surface area contributed by atoms with E-state index in [0.29, 0.717) is 17.7 Å². The maximum Gasteiger partial charge on any atom is 0.390 e. The Kier molecular flexibility index (Phi) is 4.09. The first-order chi connectivity index (χ1) is 10.9. The SMILES string of the molecule is COc1cccc(C2(CC(F)(F)F)CCCc3ccccc32)c1. The highest BCUT2D eigenvalue weighted by molar-refractivity contribution is 5.47. The number of hydrogen-bond acceptors (Lipinski definition) is 1. The fraction of sp³-hybridized carbons (Fsp3) is 0.368. The molecule has 0 N–H and O–H groups in total. The molecule has 0 aliphatic heterocycles. The highest BCUT2D eigenvalue weighted by atomic mass is 19.4. The topological polar surface area (TPSA) is 9.23 Å². The van der Waals surface area contributed by atoms with Crippen LogP contribution >= 0.6 is 0 Å². The van der Waals surface area contributed by atoms with Gasteiger partial charge in [0.25, 0.3) is 0 Å². The fourth-order valence-electron chi connectivity index (χ4n) is 3.77. The number of ether oxygens (including phenoxy) is 1. The number of rotatable bonds is 3. The normalized spacial score (nSPS) is 20.9. The van der Waals surface area contributed by atoms with Crippen molar-refractivity contribution >= 4 is 0 Å². The predicted octanol–water partition coefficient (Wildman–Crippen LogP) is 5.27. The molecule has 0 saturated carbocycles. The van der Waals surface area contributed by atoms with Crippen molar-refractivity contribution in [2.75, 3.05) is 7.11 Å². The van der Waals surface area contributed by atoms with E-state index < -0.39 is 18.0 Å². The Labute approximate surface area is 134 Å². The van der Waals surface area contributed by atoms with Crippen LogP contribution in [0.3, 0.4) is 0 Å². The number of benzene rings is 2. The molecule has 0 fully saturated rings. The van der Waals surface area contributed by atoms with Gasteiger partial charge in [0, 0.05) is 5.41 Å². The molecule has 23 heavy (non-hydrogen) atoms. The standard InChI is InChI=1S/C19H19F3O/c1-23-16-9-4-8-15(12-16)18(13-19(20,21)22)11-5-7-14-6-2-3-10-17(14)18/h2-4,6,8-10,12H,5,7,11,13H2,1H3. The largest absolute Gasteiger partial charge is 0.497 e. The Morgan fingerprint density at radius 3 is 2.61 bits per heavy atom. The first kappa shape index (κ1) is 15.9. The summed E-state index contributed by atoms with van der Waals surface area (Å²) in [6, 6.07) is 14.6. The summed E-state index contributed by atoms with van der Waals surface area (Å²) in [5.41, 5.74) is 1.48. The number of methoxy groups -OCH3 is 1. The lowest BCUT2D eigenvalue weighted by Gasteiger charge is -2.40. The van der Waals surface area contributed by atoms with Gasteiger partial charge < -0.3 is 4.74 Å². The Balaban J connectivity index is 2.20. The lowest BCUT2D eigenvalue weighted by molar-refractivity contribution is -0.146. The van der Waals surface area contributed by atoms with Crippen molar-refractivity contribution in [1.82, 2.24) is 0 Å². The van der Waals surface area contributed by atoms with E-state index in [1.807, 2.05) is 24.3 Å². The zero-order valence-corrected chi connectivity index (χ0v) is 13.0. The molecule has 1 aliphatic carbocycles. The molecule has 1 nitrogen and oxygen atoms in total. The molecule has 1 atom stereocenters. The van der Waals surface area contributed by atoms with Gasteiger partial charge in [0.05, 0.1) is 13.5 Å². The Morgan fingerprint density at radius 1 is 1.09 bits per heavy atom. The van der Waals surface area contributed by atoms with Gasteiger partial charge in [0.2, 0.25) is 0 Å². The highest BCUT2D eigenvalue weighted by Gasteiger charge is 2.46. The van der Waals surface area contributed by atoms with Crippen LogP contribution < -0.4 is 4.74 Å². The van der Waals surface area contributed by atoms with Crippen LogP contribution in [-0.2, 0) is 11.8 Å². The van der Waals surface area contributed by atoms with Gasteiger partial charge in [-0.25, -0.2) is 0 Å². The molecular formula is C19H19F3O. The average Bonchev–Trinajstić information content (AvgIpc) is 2.54. The van der Waals surface area contributed by atoms with E-state index in [2.05, 4.69) is 0 Å². The van der Waals surface area contributed by atoms with E-state index in [4.69, 9.17) is 4.74 Å². The summed E-state index contributed by atoms with van der Waals surface area (Å²) in [5, 5.41) is 0. The molecule has 0 heterocycles. The average molecular weight is 320 g/mol. The number of fused-ring (bicyclic) bond motifs is 1. The van der Waals surface area contributed by atoms with Crippen LogP contribution in [0.15, 0.2) is 48.5 Å². The summed E-state index contributed by atoms with van der Waals surface area (Å²) >= 11 is 0. The van der Waals surface area contributed by atoms with E-state index in [1.54, 1.807) is 24.3 Å². The van der Waals surface area contributed by atoms with E-state index in [1.165, 1.54) is 7.11 Å². The first-order valence-corrected chi connectivity index (χ1v) is 7.74. The molecule has 2 aromatic rings. The second kappa shape index (κ2) is 5.91. The third-order valence-electron chi connectivity index (χ3n) is 4.71. The van der Waals surface area contributed by atoms with Crippen molar-refractivity contribution in [2.24, 2.45) is 0 Å². The third-order valence-corrected chi connectivity index (χ3v) is 4.71. The fourth-order valence-corrected chi connectivity index (χ4v) is 3.77. The van der Waals surface area contributed by atoms with Gasteiger partial charge in [0.15, 0.2) is 0 Å². The molecule has 0 spiro atoms. The van der Waals surface area contributed by atoms with E-state index in [9.17, 15) is 13.2 Å². The molecule has 1 unspecified atom stereocenters. The van der Waals surface area contributed by atoms with Gasteiger partial charge in [0.1, 0.15) is 5.75 Å². The summed E-state index contributed by atoms with van der Waals surface area (Å²) < 4.78 is 45.5. The van der Waals surface area contributed by atoms with Crippen LogP contribution in [0.2, 0.25) is 0 Å². The minimum Gasteiger partial charge on any atom is -0.497 e. The molecule has 3 rings (SSSR count). The van der Waals surface area contributed by atoms with E-state index in [0.717, 1.165) is 24.0 Å². The minimum absolute atomic E-state index is 0.497. The number of halogens is 3.